The molecule has 1 amide bonds. The minimum Gasteiger partial charge on any atom is -0.408 e. The number of para-hydroxylation sites is 2. The molecular formula is C20H20N6O3. The highest BCUT2D eigenvalue weighted by Crippen LogP contribution is 2.20. The highest BCUT2D eigenvalue weighted by Gasteiger charge is 2.28. The number of hydrogen-bond donors (Lipinski definition) is 0. The van der Waals surface area contributed by atoms with Gasteiger partial charge in [-0.25, -0.2) is 14.3 Å². The van der Waals surface area contributed by atoms with Crippen molar-refractivity contribution in [1.82, 2.24) is 24.1 Å². The van der Waals surface area contributed by atoms with Crippen LogP contribution in [0.15, 0.2) is 58.0 Å². The molecule has 1 aliphatic rings. The predicted octanol–water partition coefficient (Wildman–Crippen LogP) is 1.55. The molecule has 1 fully saturated rings. The van der Waals surface area contributed by atoms with Crippen molar-refractivity contribution in [2.75, 3.05) is 31.1 Å². The van der Waals surface area contributed by atoms with Crippen LogP contribution in [0.3, 0.4) is 0 Å². The van der Waals surface area contributed by atoms with E-state index in [0.717, 1.165) is 11.5 Å². The Morgan fingerprint density at radius 1 is 1.10 bits per heavy atom. The Labute approximate surface area is 165 Å². The topological polar surface area (TPSA) is 88.9 Å². The fourth-order valence-electron chi connectivity index (χ4n) is 3.86. The molecule has 148 valence electrons. The van der Waals surface area contributed by atoms with Gasteiger partial charge in [-0.1, -0.05) is 12.1 Å². The Hall–Kier alpha value is -3.62. The van der Waals surface area contributed by atoms with E-state index in [-0.39, 0.29) is 5.91 Å². The third-order valence-corrected chi connectivity index (χ3v) is 5.42. The van der Waals surface area contributed by atoms with E-state index in [2.05, 4.69) is 15.0 Å². The summed E-state index contributed by atoms with van der Waals surface area (Å²) in [6.45, 7) is 4.22. The monoisotopic (exact) mass is 392 g/mol. The zero-order valence-electron chi connectivity index (χ0n) is 15.9. The van der Waals surface area contributed by atoms with Gasteiger partial charge in [-0.2, -0.15) is 0 Å². The number of carbonyl (C=O) groups is 1. The van der Waals surface area contributed by atoms with E-state index >= 15 is 0 Å². The minimum atomic E-state index is -0.627. The number of anilines is 1. The average Bonchev–Trinajstić information content (AvgIpc) is 3.35. The quantitative estimate of drug-likeness (QED) is 0.526. The molecule has 1 aromatic carbocycles. The van der Waals surface area contributed by atoms with Gasteiger partial charge in [0.05, 0.1) is 5.52 Å². The molecule has 4 heterocycles. The van der Waals surface area contributed by atoms with Crippen LogP contribution < -0.4 is 10.7 Å². The maximum absolute atomic E-state index is 13.1. The van der Waals surface area contributed by atoms with Crippen molar-refractivity contribution in [1.29, 1.82) is 0 Å². The van der Waals surface area contributed by atoms with Crippen LogP contribution in [-0.2, 0) is 4.79 Å². The number of benzene rings is 1. The Morgan fingerprint density at radius 3 is 2.72 bits per heavy atom. The molecule has 0 bridgehead atoms. The number of amides is 1. The van der Waals surface area contributed by atoms with E-state index in [0.29, 0.717) is 37.3 Å². The minimum absolute atomic E-state index is 0.0867. The molecule has 1 atom stereocenters. The number of piperazine rings is 1. The summed E-state index contributed by atoms with van der Waals surface area (Å²) in [6, 6.07) is 10.4. The van der Waals surface area contributed by atoms with E-state index < -0.39 is 11.8 Å². The lowest BCUT2D eigenvalue weighted by Crippen LogP contribution is -2.51. The molecule has 9 heteroatoms. The molecule has 0 spiro atoms. The van der Waals surface area contributed by atoms with Gasteiger partial charge >= 0.3 is 5.76 Å². The van der Waals surface area contributed by atoms with Crippen LogP contribution >= 0.6 is 0 Å². The first-order valence-corrected chi connectivity index (χ1v) is 9.56. The van der Waals surface area contributed by atoms with Crippen molar-refractivity contribution >= 4 is 28.5 Å². The largest absolute Gasteiger partial charge is 0.420 e. The van der Waals surface area contributed by atoms with Crippen LogP contribution in [0.5, 0.6) is 0 Å². The Morgan fingerprint density at radius 2 is 1.90 bits per heavy atom. The first-order valence-electron chi connectivity index (χ1n) is 9.56. The van der Waals surface area contributed by atoms with Crippen molar-refractivity contribution in [3.05, 3.63) is 59.3 Å². The van der Waals surface area contributed by atoms with E-state index in [1.807, 2.05) is 24.4 Å². The molecule has 0 unspecified atom stereocenters. The lowest BCUT2D eigenvalue weighted by Gasteiger charge is -2.36. The standard InChI is InChI=1S/C20H20N6O3/c1-14(26-15-4-2-3-5-16(15)29-20(26)28)19(27)24-12-10-23(11-13-24)18-7-6-17-21-8-9-25(17)22-18/h2-9,14H,10-13H2,1H3/t14-/m1/s1. The molecule has 0 aliphatic carbocycles. The highest BCUT2D eigenvalue weighted by molar-refractivity contribution is 5.83. The molecule has 0 N–H and O–H groups in total. The second-order valence-corrected chi connectivity index (χ2v) is 7.12. The molecule has 29 heavy (non-hydrogen) atoms. The third kappa shape index (κ3) is 2.95. The van der Waals surface area contributed by atoms with Gasteiger partial charge in [-0.3, -0.25) is 9.36 Å². The van der Waals surface area contributed by atoms with Gasteiger partial charge in [0.15, 0.2) is 11.2 Å². The van der Waals surface area contributed by atoms with Gasteiger partial charge in [-0.15, -0.1) is 5.10 Å². The number of imidazole rings is 1. The molecular weight excluding hydrogens is 372 g/mol. The number of aromatic nitrogens is 4. The van der Waals surface area contributed by atoms with Crippen molar-refractivity contribution in [2.45, 2.75) is 13.0 Å². The van der Waals surface area contributed by atoms with Crippen LogP contribution in [0.2, 0.25) is 0 Å². The summed E-state index contributed by atoms with van der Waals surface area (Å²) in [6.07, 6.45) is 3.53. The summed E-state index contributed by atoms with van der Waals surface area (Å²) in [4.78, 5) is 33.5. The Bertz CT molecular complexity index is 1250. The Balaban J connectivity index is 1.31. The van der Waals surface area contributed by atoms with Crippen LogP contribution in [0, 0.1) is 0 Å². The normalized spacial score (nSPS) is 15.9. The van der Waals surface area contributed by atoms with Crippen LogP contribution in [0.4, 0.5) is 5.82 Å². The molecule has 3 aromatic heterocycles. The molecule has 0 radical (unpaired) electrons. The van der Waals surface area contributed by atoms with Crippen molar-refractivity contribution < 1.29 is 9.21 Å². The fourth-order valence-corrected chi connectivity index (χ4v) is 3.86. The van der Waals surface area contributed by atoms with Gasteiger partial charge in [0.25, 0.3) is 0 Å². The summed E-state index contributed by atoms with van der Waals surface area (Å²) in [5.41, 5.74) is 1.92. The molecule has 9 nitrogen and oxygen atoms in total. The lowest BCUT2D eigenvalue weighted by atomic mass is 10.2. The first kappa shape index (κ1) is 17.5. The lowest BCUT2D eigenvalue weighted by molar-refractivity contribution is -0.134. The maximum atomic E-state index is 13.1. The van der Waals surface area contributed by atoms with Crippen molar-refractivity contribution in [3.63, 3.8) is 0 Å². The summed E-state index contributed by atoms with van der Waals surface area (Å²) in [5, 5.41) is 4.57. The average molecular weight is 392 g/mol. The number of hydrogen-bond acceptors (Lipinski definition) is 6. The Kier molecular flexibility index (Phi) is 4.08. The zero-order valence-corrected chi connectivity index (χ0v) is 15.9. The second kappa shape index (κ2) is 6.77. The maximum Gasteiger partial charge on any atom is 0.420 e. The number of nitrogens with zero attached hydrogens (tertiary/aromatic N) is 6. The molecule has 5 rings (SSSR count). The number of fused-ring (bicyclic) bond motifs is 2. The van der Waals surface area contributed by atoms with Crippen LogP contribution in [0.1, 0.15) is 13.0 Å². The van der Waals surface area contributed by atoms with Gasteiger partial charge in [0.2, 0.25) is 5.91 Å². The molecule has 1 saturated heterocycles. The van der Waals surface area contributed by atoms with E-state index in [1.165, 1.54) is 4.57 Å². The second-order valence-electron chi connectivity index (χ2n) is 7.12. The predicted molar refractivity (Wildman–Crippen MR) is 107 cm³/mol. The van der Waals surface area contributed by atoms with E-state index in [9.17, 15) is 9.59 Å². The van der Waals surface area contributed by atoms with Gasteiger partial charge in [0.1, 0.15) is 11.9 Å². The number of rotatable bonds is 3. The summed E-state index contributed by atoms with van der Waals surface area (Å²) < 4.78 is 8.44. The van der Waals surface area contributed by atoms with Gasteiger partial charge in [0, 0.05) is 38.6 Å². The smallest absolute Gasteiger partial charge is 0.408 e. The highest BCUT2D eigenvalue weighted by atomic mass is 16.4. The van der Waals surface area contributed by atoms with E-state index in [1.54, 1.807) is 40.7 Å². The van der Waals surface area contributed by atoms with Crippen molar-refractivity contribution in [3.8, 4) is 0 Å². The molecule has 4 aromatic rings. The fraction of sp³-hybridized carbons (Fsp3) is 0.300. The number of oxazole rings is 1. The summed E-state index contributed by atoms with van der Waals surface area (Å²) in [5.74, 6) is 0.257. The summed E-state index contributed by atoms with van der Waals surface area (Å²) >= 11 is 0. The number of carbonyl (C=O) groups excluding carboxylic acids is 1. The molecule has 1 aliphatic heterocycles. The van der Waals surface area contributed by atoms with Crippen LogP contribution in [0.25, 0.3) is 16.7 Å². The first-order chi connectivity index (χ1) is 14.1. The van der Waals surface area contributed by atoms with Gasteiger partial charge < -0.3 is 14.2 Å². The molecule has 0 saturated carbocycles. The van der Waals surface area contributed by atoms with E-state index in [4.69, 9.17) is 4.42 Å². The van der Waals surface area contributed by atoms with Crippen LogP contribution in [-0.4, -0.2) is 56.2 Å². The SMILES string of the molecule is C[C@H](C(=O)N1CCN(c2ccc3nccn3n2)CC1)n1c(=O)oc2ccccc21. The summed E-state index contributed by atoms with van der Waals surface area (Å²) in [7, 11) is 0. The third-order valence-electron chi connectivity index (χ3n) is 5.42. The van der Waals surface area contributed by atoms with Crippen molar-refractivity contribution in [2.24, 2.45) is 0 Å². The van der Waals surface area contributed by atoms with Gasteiger partial charge in [-0.05, 0) is 31.2 Å². The zero-order chi connectivity index (χ0) is 20.0.